The average molecular weight is 241 g/mol. The van der Waals surface area contributed by atoms with Gasteiger partial charge in [0.1, 0.15) is 0 Å². The SMILES string of the molecule is CC(=C/[N+](=O)[O-])/C(=C\N1CCCCC1)[N+](=O)[O-]. The zero-order chi connectivity index (χ0) is 12.8. The standard InChI is InChI=1S/C10H15N3O4/c1-9(7-12(14)15)10(13(16)17)8-11-5-3-2-4-6-11/h7-8H,2-6H2,1H3/b9-7-,10-8+. The summed E-state index contributed by atoms with van der Waals surface area (Å²) in [4.78, 5) is 21.7. The van der Waals surface area contributed by atoms with Crippen LogP contribution in [0, 0.1) is 20.2 Å². The van der Waals surface area contributed by atoms with E-state index in [0.717, 1.165) is 32.4 Å². The number of likely N-dealkylation sites (tertiary alicyclic amines) is 1. The van der Waals surface area contributed by atoms with Crippen LogP contribution in [0.15, 0.2) is 23.7 Å². The Hall–Kier alpha value is -1.92. The van der Waals surface area contributed by atoms with Crippen LogP contribution in [-0.4, -0.2) is 27.8 Å². The van der Waals surface area contributed by atoms with E-state index < -0.39 is 9.85 Å². The van der Waals surface area contributed by atoms with Crippen molar-refractivity contribution in [1.82, 2.24) is 4.90 Å². The van der Waals surface area contributed by atoms with Crippen molar-refractivity contribution >= 4 is 0 Å². The first-order valence-corrected chi connectivity index (χ1v) is 5.43. The molecule has 0 aromatic heterocycles. The number of piperidine rings is 1. The van der Waals surface area contributed by atoms with E-state index in [1.807, 2.05) is 4.90 Å². The van der Waals surface area contributed by atoms with Gasteiger partial charge in [-0.15, -0.1) is 0 Å². The lowest BCUT2D eigenvalue weighted by atomic mass is 10.1. The van der Waals surface area contributed by atoms with Crippen molar-refractivity contribution in [1.29, 1.82) is 0 Å². The lowest BCUT2D eigenvalue weighted by Gasteiger charge is -2.24. The Kier molecular flexibility index (Phi) is 4.62. The summed E-state index contributed by atoms with van der Waals surface area (Å²) in [6, 6.07) is 0. The van der Waals surface area contributed by atoms with Crippen LogP contribution in [0.2, 0.25) is 0 Å². The van der Waals surface area contributed by atoms with Gasteiger partial charge in [0.2, 0.25) is 6.20 Å². The molecule has 0 aromatic carbocycles. The summed E-state index contributed by atoms with van der Waals surface area (Å²) >= 11 is 0. The summed E-state index contributed by atoms with van der Waals surface area (Å²) in [6.45, 7) is 2.91. The molecule has 0 amide bonds. The van der Waals surface area contributed by atoms with E-state index in [9.17, 15) is 20.2 Å². The fourth-order valence-corrected chi connectivity index (χ4v) is 1.74. The minimum absolute atomic E-state index is 0.0607. The molecule has 0 radical (unpaired) electrons. The number of rotatable bonds is 4. The minimum atomic E-state index is -0.678. The normalized spacial score (nSPS) is 18.1. The Morgan fingerprint density at radius 2 is 1.76 bits per heavy atom. The molecule has 0 spiro atoms. The summed E-state index contributed by atoms with van der Waals surface area (Å²) < 4.78 is 0. The van der Waals surface area contributed by atoms with E-state index in [1.54, 1.807) is 0 Å². The van der Waals surface area contributed by atoms with E-state index in [4.69, 9.17) is 0 Å². The minimum Gasteiger partial charge on any atom is -0.372 e. The highest BCUT2D eigenvalue weighted by atomic mass is 16.6. The van der Waals surface area contributed by atoms with E-state index in [1.165, 1.54) is 13.1 Å². The van der Waals surface area contributed by atoms with Crippen LogP contribution in [0.5, 0.6) is 0 Å². The van der Waals surface area contributed by atoms with Gasteiger partial charge in [-0.25, -0.2) is 0 Å². The van der Waals surface area contributed by atoms with Gasteiger partial charge in [-0.2, -0.15) is 0 Å². The first-order chi connectivity index (χ1) is 8.00. The van der Waals surface area contributed by atoms with Crippen molar-refractivity contribution < 1.29 is 9.85 Å². The molecule has 0 saturated carbocycles. The van der Waals surface area contributed by atoms with E-state index in [-0.39, 0.29) is 11.3 Å². The van der Waals surface area contributed by atoms with Gasteiger partial charge >= 0.3 is 0 Å². The van der Waals surface area contributed by atoms with Crippen LogP contribution in [0.1, 0.15) is 26.2 Å². The second-order valence-electron chi connectivity index (χ2n) is 3.97. The second kappa shape index (κ2) is 5.97. The molecular weight excluding hydrogens is 226 g/mol. The van der Waals surface area contributed by atoms with Gasteiger partial charge in [-0.3, -0.25) is 20.2 Å². The highest BCUT2D eigenvalue weighted by Gasteiger charge is 2.19. The molecule has 1 saturated heterocycles. The van der Waals surface area contributed by atoms with Crippen molar-refractivity contribution in [3.05, 3.63) is 43.9 Å². The van der Waals surface area contributed by atoms with Crippen molar-refractivity contribution in [2.75, 3.05) is 13.1 Å². The maximum absolute atomic E-state index is 10.8. The van der Waals surface area contributed by atoms with Gasteiger partial charge in [0.15, 0.2) is 0 Å². The molecule has 7 heteroatoms. The Morgan fingerprint density at radius 1 is 1.18 bits per heavy atom. The number of nitro groups is 2. The third-order valence-corrected chi connectivity index (χ3v) is 2.60. The lowest BCUT2D eigenvalue weighted by molar-refractivity contribution is -0.427. The molecule has 1 heterocycles. The molecule has 7 nitrogen and oxygen atoms in total. The van der Waals surface area contributed by atoms with Crippen LogP contribution in [-0.2, 0) is 0 Å². The van der Waals surface area contributed by atoms with Gasteiger partial charge in [0, 0.05) is 13.1 Å². The van der Waals surface area contributed by atoms with Crippen LogP contribution in [0.4, 0.5) is 0 Å². The summed E-state index contributed by atoms with van der Waals surface area (Å²) in [5.74, 6) is 0. The fourth-order valence-electron chi connectivity index (χ4n) is 1.74. The van der Waals surface area contributed by atoms with E-state index in [0.29, 0.717) is 6.20 Å². The zero-order valence-electron chi connectivity index (χ0n) is 9.66. The van der Waals surface area contributed by atoms with Crippen LogP contribution < -0.4 is 0 Å². The molecule has 17 heavy (non-hydrogen) atoms. The molecule has 1 aliphatic heterocycles. The van der Waals surface area contributed by atoms with Gasteiger partial charge in [0.05, 0.1) is 21.6 Å². The van der Waals surface area contributed by atoms with Crippen LogP contribution in [0.3, 0.4) is 0 Å². The Labute approximate surface area is 98.7 Å². The van der Waals surface area contributed by atoms with Crippen molar-refractivity contribution in [2.24, 2.45) is 0 Å². The van der Waals surface area contributed by atoms with E-state index in [2.05, 4.69) is 0 Å². The molecule has 0 N–H and O–H groups in total. The van der Waals surface area contributed by atoms with Crippen LogP contribution >= 0.6 is 0 Å². The molecule has 1 fully saturated rings. The zero-order valence-corrected chi connectivity index (χ0v) is 9.66. The first-order valence-electron chi connectivity index (χ1n) is 5.43. The monoisotopic (exact) mass is 241 g/mol. The molecule has 0 aromatic rings. The average Bonchev–Trinajstić information content (AvgIpc) is 2.25. The second-order valence-corrected chi connectivity index (χ2v) is 3.97. The fraction of sp³-hybridized carbons (Fsp3) is 0.600. The van der Waals surface area contributed by atoms with Gasteiger partial charge < -0.3 is 4.90 Å². The van der Waals surface area contributed by atoms with Crippen molar-refractivity contribution in [3.63, 3.8) is 0 Å². The smallest absolute Gasteiger partial charge is 0.294 e. The van der Waals surface area contributed by atoms with Crippen LogP contribution in [0.25, 0.3) is 0 Å². The largest absolute Gasteiger partial charge is 0.372 e. The summed E-state index contributed by atoms with van der Waals surface area (Å²) in [7, 11) is 0. The summed E-state index contributed by atoms with van der Waals surface area (Å²) in [5.41, 5.74) is -0.144. The number of hydrogen-bond donors (Lipinski definition) is 0. The molecule has 94 valence electrons. The Morgan fingerprint density at radius 3 is 2.24 bits per heavy atom. The molecule has 0 aliphatic carbocycles. The number of hydrogen-bond acceptors (Lipinski definition) is 5. The summed E-state index contributed by atoms with van der Waals surface area (Å²) in [6.07, 6.45) is 5.20. The van der Waals surface area contributed by atoms with Gasteiger partial charge in [-0.1, -0.05) is 0 Å². The first kappa shape index (κ1) is 13.1. The predicted molar refractivity (Wildman–Crippen MR) is 61.3 cm³/mol. The van der Waals surface area contributed by atoms with E-state index >= 15 is 0 Å². The summed E-state index contributed by atoms with van der Waals surface area (Å²) in [5, 5.41) is 21.1. The quantitative estimate of drug-likeness (QED) is 0.425. The molecule has 0 atom stereocenters. The molecule has 0 unspecified atom stereocenters. The van der Waals surface area contributed by atoms with Gasteiger partial charge in [-0.05, 0) is 26.2 Å². The molecule has 1 rings (SSSR count). The Bertz CT molecular complexity index is 370. The van der Waals surface area contributed by atoms with Crippen molar-refractivity contribution in [3.8, 4) is 0 Å². The highest BCUT2D eigenvalue weighted by molar-refractivity contribution is 5.20. The number of allylic oxidation sites excluding steroid dienone is 1. The maximum Gasteiger partial charge on any atom is 0.294 e. The Balaban J connectivity index is 2.87. The third-order valence-electron chi connectivity index (χ3n) is 2.60. The maximum atomic E-state index is 10.8. The topological polar surface area (TPSA) is 89.5 Å². The molecular formula is C10H15N3O4. The third kappa shape index (κ3) is 4.21. The lowest BCUT2D eigenvalue weighted by Crippen LogP contribution is -2.25. The predicted octanol–water partition coefficient (Wildman–Crippen LogP) is 1.77. The molecule has 0 bridgehead atoms. The molecule has 1 aliphatic rings. The van der Waals surface area contributed by atoms with Crippen molar-refractivity contribution in [2.45, 2.75) is 26.2 Å². The number of nitrogens with zero attached hydrogens (tertiary/aromatic N) is 3. The van der Waals surface area contributed by atoms with Gasteiger partial charge in [0.25, 0.3) is 5.70 Å². The highest BCUT2D eigenvalue weighted by Crippen LogP contribution is 2.15.